The average Bonchev–Trinajstić information content (AvgIpc) is 2.96. The first kappa shape index (κ1) is 18.2. The molecule has 1 aliphatic carbocycles. The number of rotatable bonds is 2. The predicted molar refractivity (Wildman–Crippen MR) is 84.5 cm³/mol. The summed E-state index contributed by atoms with van der Waals surface area (Å²) in [4.78, 5) is 14.3. The van der Waals surface area contributed by atoms with Crippen LogP contribution in [0.25, 0.3) is 0 Å². The van der Waals surface area contributed by atoms with Crippen LogP contribution < -0.4 is 0 Å². The number of halogens is 3. The number of nitrogens with zero attached hydrogens (tertiary/aromatic N) is 1. The zero-order valence-corrected chi connectivity index (χ0v) is 13.7. The Morgan fingerprint density at radius 1 is 1.08 bits per heavy atom. The molecule has 4 nitrogen and oxygen atoms in total. The van der Waals surface area contributed by atoms with Gasteiger partial charge in [-0.3, -0.25) is 4.79 Å². The van der Waals surface area contributed by atoms with Crippen molar-refractivity contribution in [3.8, 4) is 0 Å². The minimum Gasteiger partial charge on any atom is -0.393 e. The smallest absolute Gasteiger partial charge is 0.393 e. The highest BCUT2D eigenvalue weighted by Crippen LogP contribution is 2.38. The topological polar surface area (TPSA) is 60.8 Å². The maximum absolute atomic E-state index is 13.0. The molecule has 0 radical (unpaired) electrons. The summed E-state index contributed by atoms with van der Waals surface area (Å²) in [5, 5.41) is 19.6. The van der Waals surface area contributed by atoms with Crippen LogP contribution in [0.3, 0.4) is 0 Å². The molecule has 7 heteroatoms. The van der Waals surface area contributed by atoms with Crippen molar-refractivity contribution in [2.45, 2.75) is 56.5 Å². The quantitative estimate of drug-likeness (QED) is 0.856. The Balaban J connectivity index is 1.81. The third-order valence-electron chi connectivity index (χ3n) is 5.21. The van der Waals surface area contributed by atoms with Gasteiger partial charge in [0.15, 0.2) is 0 Å². The number of benzene rings is 1. The van der Waals surface area contributed by atoms with Crippen LogP contribution in [0.4, 0.5) is 13.2 Å². The second-order valence-corrected chi connectivity index (χ2v) is 7.02. The Kier molecular flexibility index (Phi) is 5.06. The van der Waals surface area contributed by atoms with Gasteiger partial charge in [0.1, 0.15) is 0 Å². The number of β-amino-alcohol motifs (C(OH)–C–C–N with tert-alkyl or cyclic N) is 1. The fraction of sp³-hybridized carbons (Fsp3) is 0.611. The van der Waals surface area contributed by atoms with Crippen molar-refractivity contribution >= 4 is 5.91 Å². The van der Waals surface area contributed by atoms with E-state index < -0.39 is 23.9 Å². The van der Waals surface area contributed by atoms with Gasteiger partial charge in [-0.15, -0.1) is 0 Å². The van der Waals surface area contributed by atoms with Crippen molar-refractivity contribution in [3.05, 3.63) is 35.4 Å². The Morgan fingerprint density at radius 3 is 2.40 bits per heavy atom. The van der Waals surface area contributed by atoms with E-state index >= 15 is 0 Å². The average molecular weight is 357 g/mol. The maximum Gasteiger partial charge on any atom is 0.416 e. The molecule has 0 bridgehead atoms. The zero-order valence-electron chi connectivity index (χ0n) is 13.7. The van der Waals surface area contributed by atoms with E-state index in [2.05, 4.69) is 0 Å². The van der Waals surface area contributed by atoms with Gasteiger partial charge in [-0.2, -0.15) is 13.2 Å². The zero-order chi connectivity index (χ0) is 18.2. The summed E-state index contributed by atoms with van der Waals surface area (Å²) in [6, 6.07) is 4.43. The number of hydrogen-bond acceptors (Lipinski definition) is 3. The number of alkyl halides is 3. The first-order valence-electron chi connectivity index (χ1n) is 8.59. The number of carbonyl (C=O) groups excluding carboxylic acids is 1. The van der Waals surface area contributed by atoms with Crippen LogP contribution >= 0.6 is 0 Å². The second kappa shape index (κ2) is 6.96. The largest absolute Gasteiger partial charge is 0.416 e. The molecule has 1 aliphatic heterocycles. The van der Waals surface area contributed by atoms with E-state index in [1.54, 1.807) is 6.07 Å². The summed E-state index contributed by atoms with van der Waals surface area (Å²) in [5.41, 5.74) is -0.352. The molecule has 1 aromatic rings. The van der Waals surface area contributed by atoms with E-state index in [1.165, 1.54) is 11.0 Å². The van der Waals surface area contributed by atoms with E-state index in [-0.39, 0.29) is 30.9 Å². The Morgan fingerprint density at radius 2 is 1.76 bits per heavy atom. The van der Waals surface area contributed by atoms with Gasteiger partial charge in [-0.1, -0.05) is 12.1 Å². The van der Waals surface area contributed by atoms with Crippen LogP contribution in [0.15, 0.2) is 24.3 Å². The molecule has 3 rings (SSSR count). The van der Waals surface area contributed by atoms with E-state index in [0.717, 1.165) is 12.1 Å². The van der Waals surface area contributed by atoms with Gasteiger partial charge in [-0.05, 0) is 49.8 Å². The minimum atomic E-state index is -4.44. The summed E-state index contributed by atoms with van der Waals surface area (Å²) in [6.07, 6.45) is -3.07. The lowest BCUT2D eigenvalue weighted by Gasteiger charge is -2.32. The molecule has 2 atom stereocenters. The molecule has 25 heavy (non-hydrogen) atoms. The molecule has 1 amide bonds. The number of hydrogen-bond donors (Lipinski definition) is 2. The highest BCUT2D eigenvalue weighted by atomic mass is 19.4. The maximum atomic E-state index is 13.0. The SMILES string of the molecule is O=C(C1CCC(O)CC1)N1C[C@@H](O)C[C@@H]1c1cccc(C(F)(F)F)c1. The standard InChI is InChI=1S/C18H22F3NO3/c19-18(20,21)13-3-1-2-12(8-13)16-9-15(24)10-22(16)17(25)11-4-6-14(23)7-5-11/h1-3,8,11,14-16,23-24H,4-7,9-10H2/t11?,14?,15-,16+/m0/s1. The number of carbonyl (C=O) groups is 1. The predicted octanol–water partition coefficient (Wildman–Crippen LogP) is 2.89. The molecule has 1 saturated carbocycles. The van der Waals surface area contributed by atoms with Crippen LogP contribution in [0.2, 0.25) is 0 Å². The highest BCUT2D eigenvalue weighted by molar-refractivity contribution is 5.80. The van der Waals surface area contributed by atoms with Gasteiger partial charge in [0.05, 0.1) is 23.8 Å². The highest BCUT2D eigenvalue weighted by Gasteiger charge is 2.40. The van der Waals surface area contributed by atoms with Crippen molar-refractivity contribution in [2.24, 2.45) is 5.92 Å². The van der Waals surface area contributed by atoms with Crippen molar-refractivity contribution in [1.29, 1.82) is 0 Å². The van der Waals surface area contributed by atoms with Gasteiger partial charge in [0.25, 0.3) is 0 Å². The lowest BCUT2D eigenvalue weighted by Crippen LogP contribution is -2.38. The Labute approximate surface area is 144 Å². The summed E-state index contributed by atoms with van der Waals surface area (Å²) < 4.78 is 38.9. The van der Waals surface area contributed by atoms with Crippen LogP contribution in [0.5, 0.6) is 0 Å². The molecular weight excluding hydrogens is 335 g/mol. The van der Waals surface area contributed by atoms with E-state index in [0.29, 0.717) is 31.2 Å². The van der Waals surface area contributed by atoms with Gasteiger partial charge in [0, 0.05) is 12.5 Å². The lowest BCUT2D eigenvalue weighted by molar-refractivity contribution is -0.138. The summed E-state index contributed by atoms with van der Waals surface area (Å²) in [5.74, 6) is -0.368. The first-order chi connectivity index (χ1) is 11.8. The Hall–Kier alpha value is -1.60. The normalized spacial score (nSPS) is 30.5. The minimum absolute atomic E-state index is 0.133. The fourth-order valence-corrected chi connectivity index (χ4v) is 3.85. The van der Waals surface area contributed by atoms with Gasteiger partial charge >= 0.3 is 6.18 Å². The number of amides is 1. The molecule has 2 fully saturated rings. The summed E-state index contributed by atoms with van der Waals surface area (Å²) in [6.45, 7) is 0.138. The molecule has 1 heterocycles. The molecule has 0 unspecified atom stereocenters. The number of likely N-dealkylation sites (tertiary alicyclic amines) is 1. The molecule has 0 spiro atoms. The van der Waals surface area contributed by atoms with Crippen LogP contribution in [-0.2, 0) is 11.0 Å². The van der Waals surface area contributed by atoms with Crippen molar-refractivity contribution in [2.75, 3.05) is 6.54 Å². The molecule has 138 valence electrons. The van der Waals surface area contributed by atoms with E-state index in [9.17, 15) is 28.2 Å². The van der Waals surface area contributed by atoms with Gasteiger partial charge < -0.3 is 15.1 Å². The molecule has 2 N–H and O–H groups in total. The molecule has 0 aromatic heterocycles. The Bertz CT molecular complexity index is 626. The number of aliphatic hydroxyl groups is 2. The summed E-state index contributed by atoms with van der Waals surface area (Å²) in [7, 11) is 0. The van der Waals surface area contributed by atoms with Crippen LogP contribution in [0, 0.1) is 5.92 Å². The van der Waals surface area contributed by atoms with Crippen molar-refractivity contribution < 1.29 is 28.2 Å². The van der Waals surface area contributed by atoms with Crippen LogP contribution in [-0.4, -0.2) is 39.8 Å². The van der Waals surface area contributed by atoms with Gasteiger partial charge in [0.2, 0.25) is 5.91 Å². The molecule has 2 aliphatic rings. The van der Waals surface area contributed by atoms with E-state index in [4.69, 9.17) is 0 Å². The molecule has 1 saturated heterocycles. The first-order valence-corrected chi connectivity index (χ1v) is 8.59. The monoisotopic (exact) mass is 357 g/mol. The fourth-order valence-electron chi connectivity index (χ4n) is 3.85. The third-order valence-corrected chi connectivity index (χ3v) is 5.21. The molecule has 1 aromatic carbocycles. The van der Waals surface area contributed by atoms with Crippen molar-refractivity contribution in [3.63, 3.8) is 0 Å². The van der Waals surface area contributed by atoms with Gasteiger partial charge in [-0.25, -0.2) is 0 Å². The molecular formula is C18H22F3NO3. The van der Waals surface area contributed by atoms with Crippen molar-refractivity contribution in [1.82, 2.24) is 4.90 Å². The lowest BCUT2D eigenvalue weighted by atomic mass is 9.86. The van der Waals surface area contributed by atoms with E-state index in [1.807, 2.05) is 0 Å². The number of aliphatic hydroxyl groups excluding tert-OH is 2. The third kappa shape index (κ3) is 3.98. The van der Waals surface area contributed by atoms with Crippen LogP contribution in [0.1, 0.15) is 49.3 Å². The second-order valence-electron chi connectivity index (χ2n) is 7.02. The summed E-state index contributed by atoms with van der Waals surface area (Å²) >= 11 is 0.